The normalized spacial score (nSPS) is 15.1. The van der Waals surface area contributed by atoms with Crippen LogP contribution in [-0.2, 0) is 19.6 Å². The monoisotopic (exact) mass is 486 g/mol. The van der Waals surface area contributed by atoms with E-state index in [1.807, 2.05) is 0 Å². The van der Waals surface area contributed by atoms with E-state index in [1.54, 1.807) is 0 Å². The molecular weight excluding hydrogens is 465 g/mol. The lowest BCUT2D eigenvalue weighted by Crippen LogP contribution is -2.40. The minimum Gasteiger partial charge on any atom is -0.493 e. The summed E-state index contributed by atoms with van der Waals surface area (Å²) in [6.07, 6.45) is 2.53. The molecule has 8 nitrogen and oxygen atoms in total. The van der Waals surface area contributed by atoms with Gasteiger partial charge in [-0.3, -0.25) is 4.79 Å². The number of morpholine rings is 1. The van der Waals surface area contributed by atoms with E-state index in [0.29, 0.717) is 5.56 Å². The summed E-state index contributed by atoms with van der Waals surface area (Å²) in [4.78, 5) is 11.7. The Morgan fingerprint density at radius 3 is 2.55 bits per heavy atom. The number of benzene rings is 2. The van der Waals surface area contributed by atoms with Gasteiger partial charge in [0.15, 0.2) is 11.5 Å². The molecule has 1 heterocycles. The largest absolute Gasteiger partial charge is 0.493 e. The summed E-state index contributed by atoms with van der Waals surface area (Å²) in [5.74, 6) is -1.67. The summed E-state index contributed by atoms with van der Waals surface area (Å²) in [6.45, 7) is -2.39. The van der Waals surface area contributed by atoms with E-state index in [9.17, 15) is 26.4 Å². The number of carbonyl (C=O) groups excluding carboxylic acids is 1. The lowest BCUT2D eigenvalue weighted by molar-refractivity contribution is -0.111. The van der Waals surface area contributed by atoms with Gasteiger partial charge in [0.05, 0.1) is 20.3 Å². The molecule has 1 amide bonds. The van der Waals surface area contributed by atoms with Gasteiger partial charge in [-0.25, -0.2) is 12.8 Å². The van der Waals surface area contributed by atoms with Gasteiger partial charge in [0.2, 0.25) is 15.9 Å². The van der Waals surface area contributed by atoms with Crippen LogP contribution >= 0.6 is 0 Å². The van der Waals surface area contributed by atoms with Gasteiger partial charge in [-0.15, -0.1) is 0 Å². The molecule has 0 unspecified atom stereocenters. The number of rotatable bonds is 8. The van der Waals surface area contributed by atoms with Crippen LogP contribution < -0.4 is 14.8 Å². The minimum absolute atomic E-state index is 0.0503. The van der Waals surface area contributed by atoms with Crippen molar-refractivity contribution in [2.24, 2.45) is 0 Å². The zero-order chi connectivity index (χ0) is 24.0. The highest BCUT2D eigenvalue weighted by Gasteiger charge is 2.29. The van der Waals surface area contributed by atoms with Crippen molar-refractivity contribution < 1.29 is 40.6 Å². The van der Waals surface area contributed by atoms with Gasteiger partial charge in [-0.1, -0.05) is 6.07 Å². The number of nitrogens with zero attached hydrogens (tertiary/aromatic N) is 1. The SMILES string of the molecule is COc1cc(/C=C/C(=O)Nc2ccc(F)c(S(=O)(=O)N3CCOCC3)c2)ccc1OC(F)F. The molecule has 33 heavy (non-hydrogen) atoms. The van der Waals surface area contributed by atoms with Gasteiger partial charge in [0, 0.05) is 24.9 Å². The van der Waals surface area contributed by atoms with Crippen molar-refractivity contribution >= 4 is 27.7 Å². The van der Waals surface area contributed by atoms with Gasteiger partial charge in [0.1, 0.15) is 10.7 Å². The molecule has 3 rings (SSSR count). The van der Waals surface area contributed by atoms with Gasteiger partial charge >= 0.3 is 6.61 Å². The Balaban J connectivity index is 1.73. The van der Waals surface area contributed by atoms with Crippen molar-refractivity contribution in [2.75, 3.05) is 38.7 Å². The second-order valence-electron chi connectivity index (χ2n) is 6.77. The maximum Gasteiger partial charge on any atom is 0.387 e. The fourth-order valence-electron chi connectivity index (χ4n) is 3.04. The number of alkyl halides is 2. The molecule has 2 aromatic rings. The fourth-order valence-corrected chi connectivity index (χ4v) is 4.54. The smallest absolute Gasteiger partial charge is 0.387 e. The quantitative estimate of drug-likeness (QED) is 0.577. The van der Waals surface area contributed by atoms with E-state index in [1.165, 1.54) is 37.5 Å². The van der Waals surface area contributed by atoms with Crippen molar-refractivity contribution in [3.63, 3.8) is 0 Å². The summed E-state index contributed by atoms with van der Waals surface area (Å²) in [6, 6.07) is 7.34. The van der Waals surface area contributed by atoms with E-state index >= 15 is 0 Å². The number of carbonyl (C=O) groups is 1. The maximum absolute atomic E-state index is 14.3. The number of hydrogen-bond acceptors (Lipinski definition) is 6. The van der Waals surface area contributed by atoms with Crippen molar-refractivity contribution in [1.29, 1.82) is 0 Å². The topological polar surface area (TPSA) is 94.2 Å². The highest BCUT2D eigenvalue weighted by atomic mass is 32.2. The molecule has 0 aliphatic carbocycles. The summed E-state index contributed by atoms with van der Waals surface area (Å²) in [5.41, 5.74) is 0.537. The van der Waals surface area contributed by atoms with Crippen LogP contribution in [0.2, 0.25) is 0 Å². The third-order valence-electron chi connectivity index (χ3n) is 4.62. The lowest BCUT2D eigenvalue weighted by Gasteiger charge is -2.26. The van der Waals surface area contributed by atoms with Crippen molar-refractivity contribution in [1.82, 2.24) is 4.31 Å². The maximum atomic E-state index is 14.3. The number of amides is 1. The Morgan fingerprint density at radius 1 is 1.15 bits per heavy atom. The molecule has 0 aromatic heterocycles. The zero-order valence-electron chi connectivity index (χ0n) is 17.5. The molecule has 0 radical (unpaired) electrons. The Hall–Kier alpha value is -3.09. The molecule has 178 valence electrons. The minimum atomic E-state index is -4.10. The molecule has 1 fully saturated rings. The Kier molecular flexibility index (Phi) is 7.95. The van der Waals surface area contributed by atoms with Gasteiger partial charge in [0.25, 0.3) is 0 Å². The third kappa shape index (κ3) is 6.24. The van der Waals surface area contributed by atoms with E-state index in [4.69, 9.17) is 9.47 Å². The van der Waals surface area contributed by atoms with Crippen LogP contribution in [0, 0.1) is 5.82 Å². The number of ether oxygens (including phenoxy) is 3. The van der Waals surface area contributed by atoms with E-state index in [-0.39, 0.29) is 43.5 Å². The van der Waals surface area contributed by atoms with Crippen LogP contribution in [0.5, 0.6) is 11.5 Å². The van der Waals surface area contributed by atoms with Crippen molar-refractivity contribution in [3.05, 3.63) is 53.9 Å². The van der Waals surface area contributed by atoms with Crippen LogP contribution in [0.25, 0.3) is 6.08 Å². The second kappa shape index (κ2) is 10.7. The lowest BCUT2D eigenvalue weighted by atomic mass is 10.2. The number of anilines is 1. The Morgan fingerprint density at radius 2 is 1.88 bits per heavy atom. The number of halogens is 3. The van der Waals surface area contributed by atoms with E-state index in [2.05, 4.69) is 10.1 Å². The first-order valence-corrected chi connectivity index (χ1v) is 11.1. The number of sulfonamides is 1. The van der Waals surface area contributed by atoms with Gasteiger partial charge in [-0.05, 0) is 42.0 Å². The van der Waals surface area contributed by atoms with Crippen molar-refractivity contribution in [3.8, 4) is 11.5 Å². The predicted octanol–water partition coefficient (Wildman–Crippen LogP) is 3.11. The zero-order valence-corrected chi connectivity index (χ0v) is 18.3. The van der Waals surface area contributed by atoms with Crippen molar-refractivity contribution in [2.45, 2.75) is 11.5 Å². The molecule has 1 aliphatic heterocycles. The number of methoxy groups -OCH3 is 1. The average Bonchev–Trinajstić information content (AvgIpc) is 2.79. The van der Waals surface area contributed by atoms with Crippen LogP contribution in [-0.4, -0.2) is 58.7 Å². The summed E-state index contributed by atoms with van der Waals surface area (Å²) >= 11 is 0. The molecule has 0 bridgehead atoms. The molecule has 1 aliphatic rings. The first-order chi connectivity index (χ1) is 15.7. The van der Waals surface area contributed by atoms with Gasteiger partial charge in [-0.2, -0.15) is 13.1 Å². The van der Waals surface area contributed by atoms with E-state index in [0.717, 1.165) is 22.5 Å². The van der Waals surface area contributed by atoms with Gasteiger partial charge < -0.3 is 19.5 Å². The number of hydrogen-bond donors (Lipinski definition) is 1. The molecule has 1 N–H and O–H groups in total. The highest BCUT2D eigenvalue weighted by molar-refractivity contribution is 7.89. The molecular formula is C21H21F3N2O6S. The van der Waals surface area contributed by atoms with Crippen LogP contribution in [0.15, 0.2) is 47.4 Å². The standard InChI is InChI=1S/C21H21F3N2O6S/c1-30-18-12-14(2-6-17(18)32-21(23)24)3-7-20(27)25-15-4-5-16(22)19(13-15)33(28,29)26-8-10-31-11-9-26/h2-7,12-13,21H,8-11H2,1H3,(H,25,27)/b7-3+. The highest BCUT2D eigenvalue weighted by Crippen LogP contribution is 2.30. The summed E-state index contributed by atoms with van der Waals surface area (Å²) < 4.78 is 80.2. The summed E-state index contributed by atoms with van der Waals surface area (Å²) in [7, 11) is -2.81. The van der Waals surface area contributed by atoms with Crippen LogP contribution in [0.3, 0.4) is 0 Å². The van der Waals surface area contributed by atoms with E-state index < -0.39 is 33.3 Å². The molecule has 2 aromatic carbocycles. The average molecular weight is 486 g/mol. The number of nitrogens with one attached hydrogen (secondary N) is 1. The predicted molar refractivity (Wildman–Crippen MR) is 113 cm³/mol. The molecule has 0 atom stereocenters. The Labute approximate surface area is 188 Å². The summed E-state index contributed by atoms with van der Waals surface area (Å²) in [5, 5.41) is 2.47. The first-order valence-electron chi connectivity index (χ1n) is 9.70. The first kappa shape index (κ1) is 24.6. The molecule has 0 spiro atoms. The molecule has 1 saturated heterocycles. The Bertz CT molecular complexity index is 1130. The second-order valence-corrected chi connectivity index (χ2v) is 8.68. The molecule has 12 heteroatoms. The van der Waals surface area contributed by atoms with Crippen LogP contribution in [0.1, 0.15) is 5.56 Å². The molecule has 0 saturated carbocycles. The van der Waals surface area contributed by atoms with Crippen LogP contribution in [0.4, 0.5) is 18.9 Å². The fraction of sp³-hybridized carbons (Fsp3) is 0.286. The third-order valence-corrected chi connectivity index (χ3v) is 6.53.